The molecule has 0 aliphatic rings. The van der Waals surface area contributed by atoms with Crippen LogP contribution in [0.25, 0.3) is 110 Å². The molecule has 0 aliphatic carbocycles. The Balaban J connectivity index is 1.14. The zero-order valence-electron chi connectivity index (χ0n) is 30.7. The Labute approximate surface area is 326 Å². The van der Waals surface area contributed by atoms with Crippen LogP contribution in [-0.2, 0) is 0 Å². The molecule has 266 valence electrons. The molecule has 0 N–H and O–H groups in total. The maximum atomic E-state index is 6.66. The topological polar surface area (TPSA) is 32.9 Å². The maximum Gasteiger partial charge on any atom is 0.213 e. The van der Waals surface area contributed by atoms with Gasteiger partial charge in [0.1, 0.15) is 11.2 Å². The molecule has 5 heteroatoms. The molecule has 0 bridgehead atoms. The van der Waals surface area contributed by atoms with Crippen molar-refractivity contribution >= 4 is 87.6 Å². The number of para-hydroxylation sites is 6. The summed E-state index contributed by atoms with van der Waals surface area (Å²) >= 11 is 0. The van der Waals surface area contributed by atoms with E-state index in [1.807, 2.05) is 6.07 Å². The molecular weight excluding hydrogens is 697 g/mol. The van der Waals surface area contributed by atoms with Gasteiger partial charge in [-0.2, -0.15) is 0 Å². The number of benzene rings is 8. The van der Waals surface area contributed by atoms with Gasteiger partial charge in [0.15, 0.2) is 0 Å². The van der Waals surface area contributed by atoms with Crippen molar-refractivity contribution in [2.45, 2.75) is 0 Å². The van der Waals surface area contributed by atoms with Gasteiger partial charge in [-0.25, -0.2) is 0 Å². The Bertz CT molecular complexity index is 3740. The van der Waals surface area contributed by atoms with Gasteiger partial charge in [0, 0.05) is 60.5 Å². The van der Waals surface area contributed by atoms with E-state index in [1.165, 1.54) is 43.5 Å². The van der Waals surface area contributed by atoms with Crippen molar-refractivity contribution < 1.29 is 4.42 Å². The number of fused-ring (bicyclic) bond motifs is 13. The molecule has 5 nitrogen and oxygen atoms in total. The zero-order valence-corrected chi connectivity index (χ0v) is 30.7. The molecule has 13 aromatic rings. The summed E-state index contributed by atoms with van der Waals surface area (Å²) in [5, 5.41) is 9.57. The van der Waals surface area contributed by atoms with Gasteiger partial charge in [0.05, 0.1) is 33.0 Å². The molecule has 0 amide bonds. The largest absolute Gasteiger partial charge is 0.439 e. The molecule has 8 aromatic carbocycles. The van der Waals surface area contributed by atoms with Crippen molar-refractivity contribution in [3.8, 4) is 22.7 Å². The van der Waals surface area contributed by atoms with Crippen LogP contribution >= 0.6 is 0 Å². The molecule has 0 aliphatic heterocycles. The molecule has 13 rings (SSSR count). The summed E-state index contributed by atoms with van der Waals surface area (Å²) in [7, 11) is 0. The summed E-state index contributed by atoms with van der Waals surface area (Å²) in [6.07, 6.45) is 0. The minimum atomic E-state index is 0.856. The molecule has 0 spiro atoms. The van der Waals surface area contributed by atoms with Crippen molar-refractivity contribution in [1.29, 1.82) is 0 Å². The lowest BCUT2D eigenvalue weighted by molar-refractivity contribution is 0.645. The molecule has 57 heavy (non-hydrogen) atoms. The third-order valence-electron chi connectivity index (χ3n) is 11.9. The number of nitrogens with zero attached hydrogens (tertiary/aromatic N) is 4. The lowest BCUT2D eigenvalue weighted by Crippen LogP contribution is -2.02. The maximum absolute atomic E-state index is 6.66. The van der Waals surface area contributed by atoms with E-state index in [0.29, 0.717) is 0 Å². The van der Waals surface area contributed by atoms with Crippen molar-refractivity contribution in [1.82, 2.24) is 18.3 Å². The predicted molar refractivity (Wildman–Crippen MR) is 236 cm³/mol. The molecule has 0 atom stereocenters. The van der Waals surface area contributed by atoms with Gasteiger partial charge in [0.2, 0.25) is 5.71 Å². The number of furan rings is 1. The van der Waals surface area contributed by atoms with E-state index >= 15 is 0 Å². The summed E-state index contributed by atoms with van der Waals surface area (Å²) in [5.74, 6) is 0. The molecule has 0 radical (unpaired) electrons. The van der Waals surface area contributed by atoms with Gasteiger partial charge < -0.3 is 8.98 Å². The molecular formula is C52H32N4O. The van der Waals surface area contributed by atoms with Crippen LogP contribution in [0.4, 0.5) is 0 Å². The number of hydrogen-bond acceptors (Lipinski definition) is 1. The van der Waals surface area contributed by atoms with E-state index in [4.69, 9.17) is 4.42 Å². The monoisotopic (exact) mass is 728 g/mol. The highest BCUT2D eigenvalue weighted by Crippen LogP contribution is 2.44. The second-order valence-electron chi connectivity index (χ2n) is 14.9. The van der Waals surface area contributed by atoms with Crippen molar-refractivity contribution in [2.24, 2.45) is 0 Å². The average molecular weight is 729 g/mol. The summed E-state index contributed by atoms with van der Waals surface area (Å²) in [6, 6.07) is 69.9. The van der Waals surface area contributed by atoms with E-state index in [-0.39, 0.29) is 0 Å². The first-order valence-corrected chi connectivity index (χ1v) is 19.4. The second kappa shape index (κ2) is 11.4. The van der Waals surface area contributed by atoms with E-state index < -0.39 is 0 Å². The Morgan fingerprint density at radius 3 is 1.46 bits per heavy atom. The summed E-state index contributed by atoms with van der Waals surface area (Å²) in [6.45, 7) is 0. The van der Waals surface area contributed by atoms with Gasteiger partial charge in [-0.05, 0) is 84.9 Å². The van der Waals surface area contributed by atoms with Crippen molar-refractivity contribution in [3.05, 3.63) is 194 Å². The van der Waals surface area contributed by atoms with Crippen LogP contribution in [0.1, 0.15) is 0 Å². The van der Waals surface area contributed by atoms with Gasteiger partial charge >= 0.3 is 0 Å². The third kappa shape index (κ3) is 4.12. The van der Waals surface area contributed by atoms with Gasteiger partial charge in [-0.15, -0.1) is 0 Å². The molecule has 0 unspecified atom stereocenters. The van der Waals surface area contributed by atoms with Crippen LogP contribution in [0.5, 0.6) is 0 Å². The Morgan fingerprint density at radius 1 is 0.281 bits per heavy atom. The normalized spacial score (nSPS) is 12.2. The Morgan fingerprint density at radius 2 is 0.772 bits per heavy atom. The van der Waals surface area contributed by atoms with Gasteiger partial charge in [-0.1, -0.05) is 109 Å². The smallest absolute Gasteiger partial charge is 0.213 e. The summed E-state index contributed by atoms with van der Waals surface area (Å²) in [5.41, 5.74) is 13.1. The van der Waals surface area contributed by atoms with Crippen LogP contribution in [0.3, 0.4) is 0 Å². The van der Waals surface area contributed by atoms with Crippen LogP contribution in [0, 0.1) is 0 Å². The second-order valence-corrected chi connectivity index (χ2v) is 14.9. The minimum absolute atomic E-state index is 0.856. The highest BCUT2D eigenvalue weighted by atomic mass is 16.3. The van der Waals surface area contributed by atoms with E-state index in [2.05, 4.69) is 206 Å². The van der Waals surface area contributed by atoms with Crippen LogP contribution < -0.4 is 0 Å². The van der Waals surface area contributed by atoms with Crippen molar-refractivity contribution in [3.63, 3.8) is 0 Å². The fourth-order valence-electron chi connectivity index (χ4n) is 9.62. The lowest BCUT2D eigenvalue weighted by Gasteiger charge is -2.14. The summed E-state index contributed by atoms with van der Waals surface area (Å²) in [4.78, 5) is 0. The van der Waals surface area contributed by atoms with Crippen LogP contribution in [0.15, 0.2) is 199 Å². The number of hydrogen-bond donors (Lipinski definition) is 0. The van der Waals surface area contributed by atoms with Crippen molar-refractivity contribution in [2.75, 3.05) is 0 Å². The highest BCUT2D eigenvalue weighted by molar-refractivity contribution is 6.24. The predicted octanol–water partition coefficient (Wildman–Crippen LogP) is 13.7. The summed E-state index contributed by atoms with van der Waals surface area (Å²) < 4.78 is 16.3. The molecule has 5 heterocycles. The number of rotatable bonds is 4. The van der Waals surface area contributed by atoms with Gasteiger partial charge in [-0.3, -0.25) is 13.7 Å². The highest BCUT2D eigenvalue weighted by Gasteiger charge is 2.25. The fourth-order valence-corrected chi connectivity index (χ4v) is 9.62. The lowest BCUT2D eigenvalue weighted by atomic mass is 10.1. The number of aromatic nitrogens is 4. The zero-order chi connectivity index (χ0) is 37.2. The van der Waals surface area contributed by atoms with E-state index in [0.717, 1.165) is 66.9 Å². The molecule has 0 saturated heterocycles. The molecule has 0 fully saturated rings. The minimum Gasteiger partial charge on any atom is -0.439 e. The SMILES string of the molecule is c1ccc(-n2c3ccccc3c3cc(-n4c5ccccc5c5c6ccccc6n(-c6ccc7c8c9ccccc9oc8n(-c8ccccc8)c7c6)c54)ccc32)cc1. The Hall–Kier alpha value is -7.76. The van der Waals surface area contributed by atoms with Crippen LogP contribution in [0.2, 0.25) is 0 Å². The quantitative estimate of drug-likeness (QED) is 0.178. The molecule has 0 saturated carbocycles. The first kappa shape index (κ1) is 30.6. The van der Waals surface area contributed by atoms with E-state index in [9.17, 15) is 0 Å². The first-order valence-electron chi connectivity index (χ1n) is 19.4. The van der Waals surface area contributed by atoms with Crippen LogP contribution in [-0.4, -0.2) is 18.3 Å². The molecule has 5 aromatic heterocycles. The Kier molecular flexibility index (Phi) is 6.10. The van der Waals surface area contributed by atoms with E-state index in [1.54, 1.807) is 0 Å². The first-order chi connectivity index (χ1) is 28.3. The fraction of sp³-hybridized carbons (Fsp3) is 0. The third-order valence-corrected chi connectivity index (χ3v) is 11.9. The standard InChI is InChI=1S/C52H32N4O/c1-3-15-33(16-4-1)53-43-23-11-7-19-37(43)42-31-35(28-30-46(42)53)54-44-24-12-8-20-38(44)49-39-21-9-13-25-45(39)55(51(49)54)36-27-29-40-47(32-36)56(34-17-5-2-6-18-34)52-50(40)41-22-10-14-26-48(41)57-52/h1-32H. The average Bonchev–Trinajstić information content (AvgIpc) is 4.06. The van der Waals surface area contributed by atoms with Gasteiger partial charge in [0.25, 0.3) is 0 Å².